The lowest BCUT2D eigenvalue weighted by atomic mass is 9.93. The monoisotopic (exact) mass is 312 g/mol. The van der Waals surface area contributed by atoms with Crippen LogP contribution in [0.5, 0.6) is 0 Å². The fourth-order valence-electron chi connectivity index (χ4n) is 2.03. The molecule has 0 aliphatic heterocycles. The highest BCUT2D eigenvalue weighted by Gasteiger charge is 2.59. The van der Waals surface area contributed by atoms with Gasteiger partial charge in [0.05, 0.1) is 6.54 Å². The number of alkyl halides is 2. The van der Waals surface area contributed by atoms with E-state index >= 15 is 0 Å². The van der Waals surface area contributed by atoms with Crippen LogP contribution in [0.15, 0.2) is 4.36 Å². The highest BCUT2D eigenvalue weighted by atomic mass is 32.2. The number of carbonyl (C=O) groups is 2. The van der Waals surface area contributed by atoms with Gasteiger partial charge in [0, 0.05) is 22.2 Å². The maximum Gasteiger partial charge on any atom is 0.352 e. The van der Waals surface area contributed by atoms with Gasteiger partial charge in [0.25, 0.3) is 11.8 Å². The Morgan fingerprint density at radius 2 is 1.85 bits per heavy atom. The van der Waals surface area contributed by atoms with Crippen LogP contribution in [0.2, 0.25) is 0 Å². The van der Waals surface area contributed by atoms with Gasteiger partial charge in [0.2, 0.25) is 0 Å². The Morgan fingerprint density at radius 3 is 2.30 bits per heavy atom. The quantitative estimate of drug-likeness (QED) is 0.780. The van der Waals surface area contributed by atoms with E-state index in [1.54, 1.807) is 5.32 Å². The number of nitrogens with one attached hydrogen (secondary N) is 1. The van der Waals surface area contributed by atoms with E-state index in [0.29, 0.717) is 12.8 Å². The second-order valence-electron chi connectivity index (χ2n) is 5.16. The van der Waals surface area contributed by atoms with Gasteiger partial charge in [-0.25, -0.2) is 4.21 Å². The Labute approximate surface area is 116 Å². The third kappa shape index (κ3) is 3.95. The summed E-state index contributed by atoms with van der Waals surface area (Å²) < 4.78 is 42.1. The van der Waals surface area contributed by atoms with Crippen LogP contribution in [-0.4, -0.2) is 51.7 Å². The van der Waals surface area contributed by atoms with E-state index in [-0.39, 0.29) is 12.8 Å². The van der Waals surface area contributed by atoms with Gasteiger partial charge in [-0.05, 0) is 12.8 Å². The maximum atomic E-state index is 13.8. The molecule has 116 valence electrons. The zero-order valence-corrected chi connectivity index (χ0v) is 12.1. The summed E-state index contributed by atoms with van der Waals surface area (Å²) >= 11 is 0. The van der Waals surface area contributed by atoms with Gasteiger partial charge in [-0.15, -0.1) is 0 Å². The lowest BCUT2D eigenvalue weighted by Gasteiger charge is -2.30. The lowest BCUT2D eigenvalue weighted by molar-refractivity contribution is -0.190. The van der Waals surface area contributed by atoms with Gasteiger partial charge in [0.15, 0.2) is 0 Å². The van der Waals surface area contributed by atoms with Crippen molar-refractivity contribution >= 4 is 21.5 Å². The molecular weight excluding hydrogens is 294 g/mol. The molecule has 0 atom stereocenters. The number of aliphatic hydroxyl groups is 1. The van der Waals surface area contributed by atoms with Gasteiger partial charge in [-0.2, -0.15) is 13.1 Å². The molecule has 0 aromatic heterocycles. The number of halogens is 2. The normalized spacial score (nSPS) is 18.6. The molecule has 1 fully saturated rings. The Kier molecular flexibility index (Phi) is 4.86. The Morgan fingerprint density at radius 1 is 1.35 bits per heavy atom. The van der Waals surface area contributed by atoms with Crippen molar-refractivity contribution in [3.63, 3.8) is 0 Å². The molecule has 0 aromatic carbocycles. The smallest absolute Gasteiger partial charge is 0.352 e. The molecule has 6 nitrogen and oxygen atoms in total. The first-order valence-corrected chi connectivity index (χ1v) is 8.39. The summed E-state index contributed by atoms with van der Waals surface area (Å²) in [6.45, 7) is -0.775. The Balaban J connectivity index is 2.67. The van der Waals surface area contributed by atoms with Crippen molar-refractivity contribution < 1.29 is 27.7 Å². The molecule has 0 radical (unpaired) electrons. The summed E-state index contributed by atoms with van der Waals surface area (Å²) in [5.74, 6) is -6.64. The molecule has 0 saturated heterocycles. The first-order chi connectivity index (χ1) is 8.98. The van der Waals surface area contributed by atoms with Crippen LogP contribution in [-0.2, 0) is 19.3 Å². The van der Waals surface area contributed by atoms with E-state index in [2.05, 4.69) is 4.36 Å². The second kappa shape index (κ2) is 5.72. The summed E-state index contributed by atoms with van der Waals surface area (Å²) in [7, 11) is -2.70. The van der Waals surface area contributed by atoms with Crippen LogP contribution >= 0.6 is 0 Å². The van der Waals surface area contributed by atoms with Crippen molar-refractivity contribution in [3.05, 3.63) is 0 Å². The molecule has 0 bridgehead atoms. The Bertz CT molecular complexity index is 513. The number of nitrogens with zero attached hydrogens (tertiary/aromatic N) is 1. The standard InChI is InChI=1S/C11H18F2N2O4S/c1-20(2,19)15-8(16)7-14-9(17)11(12,13)10(18)5-3-4-6-10/h18H,3-7H2,1-2H3,(H,14,17). The van der Waals surface area contributed by atoms with Crippen LogP contribution in [0.4, 0.5) is 8.78 Å². The van der Waals surface area contributed by atoms with Gasteiger partial charge in [-0.3, -0.25) is 9.59 Å². The molecule has 20 heavy (non-hydrogen) atoms. The molecule has 2 N–H and O–H groups in total. The van der Waals surface area contributed by atoms with E-state index in [4.69, 9.17) is 0 Å². The van der Waals surface area contributed by atoms with Crippen molar-refractivity contribution in [2.45, 2.75) is 37.2 Å². The van der Waals surface area contributed by atoms with E-state index in [0.717, 1.165) is 0 Å². The van der Waals surface area contributed by atoms with Crippen LogP contribution in [0, 0.1) is 0 Å². The molecule has 9 heteroatoms. The topological polar surface area (TPSA) is 95.8 Å². The molecule has 1 saturated carbocycles. The van der Waals surface area contributed by atoms with Crippen LogP contribution in [0.1, 0.15) is 25.7 Å². The summed E-state index contributed by atoms with van der Waals surface area (Å²) in [5, 5.41) is 11.5. The minimum atomic E-state index is -3.97. The second-order valence-corrected chi connectivity index (χ2v) is 7.71. The van der Waals surface area contributed by atoms with Crippen LogP contribution in [0.3, 0.4) is 0 Å². The first-order valence-electron chi connectivity index (χ1n) is 6.06. The van der Waals surface area contributed by atoms with Gasteiger partial charge >= 0.3 is 5.92 Å². The minimum absolute atomic E-state index is 0.163. The average Bonchev–Trinajstić information content (AvgIpc) is 2.72. The molecule has 2 amide bonds. The summed E-state index contributed by atoms with van der Waals surface area (Å²) in [6.07, 6.45) is 2.93. The third-order valence-electron chi connectivity index (χ3n) is 3.02. The molecular formula is C11H18F2N2O4S. The van der Waals surface area contributed by atoms with E-state index in [1.807, 2.05) is 0 Å². The SMILES string of the molecule is CS(C)(=O)=NC(=O)CNC(=O)C(F)(F)C1(O)CCCC1. The molecule has 0 spiro atoms. The predicted molar refractivity (Wildman–Crippen MR) is 68.8 cm³/mol. The van der Waals surface area contributed by atoms with Crippen molar-refractivity contribution in [2.75, 3.05) is 19.1 Å². The van der Waals surface area contributed by atoms with Crippen LogP contribution < -0.4 is 5.32 Å². The summed E-state index contributed by atoms with van der Waals surface area (Å²) in [6, 6.07) is 0. The molecule has 0 aromatic rings. The summed E-state index contributed by atoms with van der Waals surface area (Å²) in [4.78, 5) is 22.7. The number of rotatable bonds is 4. The highest BCUT2D eigenvalue weighted by Crippen LogP contribution is 2.41. The fraction of sp³-hybridized carbons (Fsp3) is 0.818. The van der Waals surface area contributed by atoms with E-state index in [9.17, 15) is 27.7 Å². The number of carbonyl (C=O) groups excluding carboxylic acids is 2. The third-order valence-corrected chi connectivity index (χ3v) is 3.67. The average molecular weight is 312 g/mol. The predicted octanol–water partition coefficient (Wildman–Crippen LogP) is 0.297. The maximum absolute atomic E-state index is 13.8. The fourth-order valence-corrected chi connectivity index (χ4v) is 2.58. The molecule has 0 heterocycles. The van der Waals surface area contributed by atoms with Crippen molar-refractivity contribution in [3.8, 4) is 0 Å². The van der Waals surface area contributed by atoms with Gasteiger partial charge in [-0.1, -0.05) is 12.8 Å². The van der Waals surface area contributed by atoms with Crippen molar-refractivity contribution in [1.29, 1.82) is 0 Å². The zero-order valence-electron chi connectivity index (χ0n) is 11.3. The van der Waals surface area contributed by atoms with E-state index < -0.39 is 39.6 Å². The Hall–Kier alpha value is -1.09. The lowest BCUT2D eigenvalue weighted by Crippen LogP contribution is -2.56. The van der Waals surface area contributed by atoms with Gasteiger partial charge in [0.1, 0.15) is 5.60 Å². The number of hydrogen-bond donors (Lipinski definition) is 2. The minimum Gasteiger partial charge on any atom is -0.383 e. The molecule has 0 unspecified atom stereocenters. The molecule has 1 aliphatic carbocycles. The number of amides is 2. The largest absolute Gasteiger partial charge is 0.383 e. The van der Waals surface area contributed by atoms with E-state index in [1.165, 1.54) is 12.5 Å². The highest BCUT2D eigenvalue weighted by molar-refractivity contribution is 7.92. The van der Waals surface area contributed by atoms with Crippen LogP contribution in [0.25, 0.3) is 0 Å². The molecule has 1 rings (SSSR count). The summed E-state index contributed by atoms with van der Waals surface area (Å²) in [5.41, 5.74) is -2.36. The zero-order chi connectivity index (χ0) is 15.6. The van der Waals surface area contributed by atoms with Crippen molar-refractivity contribution in [2.24, 2.45) is 4.36 Å². The van der Waals surface area contributed by atoms with Gasteiger partial charge < -0.3 is 10.4 Å². The molecule has 1 aliphatic rings. The first kappa shape index (κ1) is 17.0. The number of hydrogen-bond acceptors (Lipinski definition) is 4. The van der Waals surface area contributed by atoms with Crippen molar-refractivity contribution in [1.82, 2.24) is 5.32 Å².